The molecule has 2 rings (SSSR count). The number of nitrogens with zero attached hydrogens (tertiary/aromatic N) is 2. The van der Waals surface area contributed by atoms with Crippen molar-refractivity contribution in [3.63, 3.8) is 0 Å². The summed E-state index contributed by atoms with van der Waals surface area (Å²) in [5, 5.41) is 0. The van der Waals surface area contributed by atoms with Crippen LogP contribution in [0.15, 0.2) is 18.3 Å². The van der Waals surface area contributed by atoms with Crippen molar-refractivity contribution in [2.75, 3.05) is 6.54 Å². The van der Waals surface area contributed by atoms with Crippen LogP contribution in [0, 0.1) is 0 Å². The summed E-state index contributed by atoms with van der Waals surface area (Å²) >= 11 is 0. The molecule has 1 aliphatic heterocycles. The fraction of sp³-hybridized carbons (Fsp3) is 0.455. The van der Waals surface area contributed by atoms with Crippen LogP contribution in [0.3, 0.4) is 0 Å². The van der Waals surface area contributed by atoms with Crippen molar-refractivity contribution in [2.24, 2.45) is 0 Å². The van der Waals surface area contributed by atoms with Gasteiger partial charge in [0.15, 0.2) is 0 Å². The number of rotatable bonds is 3. The highest BCUT2D eigenvalue weighted by molar-refractivity contribution is 5.97. The first-order valence-corrected chi connectivity index (χ1v) is 5.06. The fourth-order valence-electron chi connectivity index (χ4n) is 1.71. The molecule has 0 N–H and O–H groups in total. The quantitative estimate of drug-likeness (QED) is 0.728. The Bertz CT molecular complexity index is 349. The lowest BCUT2D eigenvalue weighted by Crippen LogP contribution is -2.24. The minimum Gasteiger partial charge on any atom is -0.333 e. The van der Waals surface area contributed by atoms with Crippen LogP contribution < -0.4 is 0 Å². The molecule has 0 bridgehead atoms. The smallest absolute Gasteiger partial charge is 0.256 e. The third-order valence-corrected chi connectivity index (χ3v) is 2.53. The summed E-state index contributed by atoms with van der Waals surface area (Å²) in [4.78, 5) is 17.9. The molecule has 0 saturated heterocycles. The highest BCUT2D eigenvalue weighted by Crippen LogP contribution is 2.20. The van der Waals surface area contributed by atoms with Crippen LogP contribution in [0.1, 0.15) is 35.8 Å². The lowest BCUT2D eigenvalue weighted by molar-refractivity contribution is 0.0776. The lowest BCUT2D eigenvalue weighted by atomic mass is 10.2. The SMILES string of the molecule is CCCCN1Cc2ncccc2C1=O. The van der Waals surface area contributed by atoms with Crippen molar-refractivity contribution < 1.29 is 4.79 Å². The molecule has 3 heteroatoms. The van der Waals surface area contributed by atoms with Gasteiger partial charge in [-0.3, -0.25) is 9.78 Å². The number of carbonyl (C=O) groups excluding carboxylic acids is 1. The first kappa shape index (κ1) is 9.19. The van der Waals surface area contributed by atoms with Crippen LogP contribution in [0.4, 0.5) is 0 Å². The van der Waals surface area contributed by atoms with E-state index in [9.17, 15) is 4.79 Å². The number of carbonyl (C=O) groups is 1. The zero-order valence-corrected chi connectivity index (χ0v) is 8.36. The molecular weight excluding hydrogens is 176 g/mol. The molecule has 74 valence electrons. The van der Waals surface area contributed by atoms with Crippen molar-refractivity contribution in [3.05, 3.63) is 29.6 Å². The number of fused-ring (bicyclic) bond motifs is 1. The molecule has 0 aromatic carbocycles. The van der Waals surface area contributed by atoms with E-state index < -0.39 is 0 Å². The average Bonchev–Trinajstić information content (AvgIpc) is 2.54. The van der Waals surface area contributed by atoms with Gasteiger partial charge in [0.1, 0.15) is 0 Å². The third-order valence-electron chi connectivity index (χ3n) is 2.53. The third kappa shape index (κ3) is 1.50. The van der Waals surface area contributed by atoms with E-state index in [4.69, 9.17) is 0 Å². The standard InChI is InChI=1S/C11H14N2O/c1-2-3-7-13-8-10-9(11(13)14)5-4-6-12-10/h4-6H,2-3,7-8H2,1H3. The summed E-state index contributed by atoms with van der Waals surface area (Å²) in [6, 6.07) is 3.68. The molecule has 0 aliphatic carbocycles. The molecule has 2 heterocycles. The van der Waals surface area contributed by atoms with Crippen molar-refractivity contribution in [3.8, 4) is 0 Å². The summed E-state index contributed by atoms with van der Waals surface area (Å²) in [6.45, 7) is 3.67. The predicted molar refractivity (Wildman–Crippen MR) is 53.9 cm³/mol. The number of hydrogen-bond acceptors (Lipinski definition) is 2. The molecule has 0 radical (unpaired) electrons. The van der Waals surface area contributed by atoms with Gasteiger partial charge >= 0.3 is 0 Å². The van der Waals surface area contributed by atoms with Crippen LogP contribution in [-0.4, -0.2) is 22.3 Å². The summed E-state index contributed by atoms with van der Waals surface area (Å²) in [7, 11) is 0. The molecule has 0 fully saturated rings. The zero-order valence-electron chi connectivity index (χ0n) is 8.36. The van der Waals surface area contributed by atoms with Crippen LogP contribution >= 0.6 is 0 Å². The van der Waals surface area contributed by atoms with Crippen molar-refractivity contribution >= 4 is 5.91 Å². The second-order valence-corrected chi connectivity index (χ2v) is 3.58. The van der Waals surface area contributed by atoms with E-state index in [1.54, 1.807) is 6.20 Å². The van der Waals surface area contributed by atoms with Gasteiger partial charge < -0.3 is 4.90 Å². The van der Waals surface area contributed by atoms with Gasteiger partial charge in [-0.05, 0) is 18.6 Å². The lowest BCUT2D eigenvalue weighted by Gasteiger charge is -2.13. The van der Waals surface area contributed by atoms with Gasteiger partial charge in [0.25, 0.3) is 5.91 Å². The maximum atomic E-state index is 11.8. The fourth-order valence-corrected chi connectivity index (χ4v) is 1.71. The van der Waals surface area contributed by atoms with Gasteiger partial charge in [0.05, 0.1) is 17.8 Å². The van der Waals surface area contributed by atoms with Crippen LogP contribution in [0.25, 0.3) is 0 Å². The summed E-state index contributed by atoms with van der Waals surface area (Å²) in [5.41, 5.74) is 1.71. The van der Waals surface area contributed by atoms with Crippen molar-refractivity contribution in [1.82, 2.24) is 9.88 Å². The van der Waals surface area contributed by atoms with Crippen molar-refractivity contribution in [2.45, 2.75) is 26.3 Å². The minimum absolute atomic E-state index is 0.140. The Morgan fingerprint density at radius 2 is 2.43 bits per heavy atom. The van der Waals surface area contributed by atoms with E-state index in [0.29, 0.717) is 6.54 Å². The van der Waals surface area contributed by atoms with Gasteiger partial charge in [-0.1, -0.05) is 13.3 Å². The molecule has 0 atom stereocenters. The number of aromatic nitrogens is 1. The summed E-state index contributed by atoms with van der Waals surface area (Å²) < 4.78 is 0. The Morgan fingerprint density at radius 3 is 3.14 bits per heavy atom. The Kier molecular flexibility index (Phi) is 2.48. The van der Waals surface area contributed by atoms with E-state index in [1.165, 1.54) is 0 Å². The van der Waals surface area contributed by atoms with E-state index in [0.717, 1.165) is 30.6 Å². The Morgan fingerprint density at radius 1 is 1.57 bits per heavy atom. The van der Waals surface area contributed by atoms with E-state index in [-0.39, 0.29) is 5.91 Å². The number of hydrogen-bond donors (Lipinski definition) is 0. The Hall–Kier alpha value is -1.38. The Labute approximate surface area is 83.8 Å². The van der Waals surface area contributed by atoms with Crippen LogP contribution in [0.2, 0.25) is 0 Å². The molecule has 0 spiro atoms. The normalized spacial score (nSPS) is 14.6. The zero-order chi connectivity index (χ0) is 9.97. The molecular formula is C11H14N2O. The molecule has 3 nitrogen and oxygen atoms in total. The largest absolute Gasteiger partial charge is 0.333 e. The highest BCUT2D eigenvalue weighted by atomic mass is 16.2. The number of unbranched alkanes of at least 4 members (excludes halogenated alkanes) is 1. The second kappa shape index (κ2) is 3.78. The van der Waals surface area contributed by atoms with Gasteiger partial charge in [-0.15, -0.1) is 0 Å². The summed E-state index contributed by atoms with van der Waals surface area (Å²) in [5.74, 6) is 0.140. The topological polar surface area (TPSA) is 33.2 Å². The summed E-state index contributed by atoms with van der Waals surface area (Å²) in [6.07, 6.45) is 3.93. The first-order chi connectivity index (χ1) is 6.83. The van der Waals surface area contributed by atoms with E-state index >= 15 is 0 Å². The van der Waals surface area contributed by atoms with Gasteiger partial charge in [0.2, 0.25) is 0 Å². The van der Waals surface area contributed by atoms with E-state index in [1.807, 2.05) is 17.0 Å². The monoisotopic (exact) mass is 190 g/mol. The molecule has 1 aromatic heterocycles. The van der Waals surface area contributed by atoms with Gasteiger partial charge in [-0.25, -0.2) is 0 Å². The average molecular weight is 190 g/mol. The highest BCUT2D eigenvalue weighted by Gasteiger charge is 2.26. The predicted octanol–water partition coefficient (Wildman–Crippen LogP) is 1.84. The van der Waals surface area contributed by atoms with Crippen molar-refractivity contribution in [1.29, 1.82) is 0 Å². The number of amides is 1. The molecule has 1 amide bonds. The number of pyridine rings is 1. The maximum Gasteiger partial charge on any atom is 0.256 e. The minimum atomic E-state index is 0.140. The molecule has 1 aromatic rings. The van der Waals surface area contributed by atoms with Crippen LogP contribution in [-0.2, 0) is 6.54 Å². The Balaban J connectivity index is 2.13. The molecule has 0 unspecified atom stereocenters. The van der Waals surface area contributed by atoms with E-state index in [2.05, 4.69) is 11.9 Å². The first-order valence-electron chi connectivity index (χ1n) is 5.06. The molecule has 14 heavy (non-hydrogen) atoms. The maximum absolute atomic E-state index is 11.8. The second-order valence-electron chi connectivity index (χ2n) is 3.58. The molecule has 1 aliphatic rings. The molecule has 0 saturated carbocycles. The van der Waals surface area contributed by atoms with Gasteiger partial charge in [0, 0.05) is 12.7 Å². The van der Waals surface area contributed by atoms with Gasteiger partial charge in [-0.2, -0.15) is 0 Å². The van der Waals surface area contributed by atoms with Crippen LogP contribution in [0.5, 0.6) is 0 Å².